The Balaban J connectivity index is 2.63. The van der Waals surface area contributed by atoms with E-state index in [2.05, 4.69) is 5.32 Å². The van der Waals surface area contributed by atoms with Crippen LogP contribution in [-0.4, -0.2) is 11.8 Å². The Morgan fingerprint density at radius 1 is 1.57 bits per heavy atom. The summed E-state index contributed by atoms with van der Waals surface area (Å²) < 4.78 is 12.7. The fourth-order valence-corrected chi connectivity index (χ4v) is 1.19. The van der Waals surface area contributed by atoms with Crippen molar-refractivity contribution in [3.05, 3.63) is 35.1 Å². The molecule has 1 rings (SSSR count). The molecule has 0 heterocycles. The van der Waals surface area contributed by atoms with Crippen molar-refractivity contribution in [1.82, 2.24) is 5.32 Å². The second kappa shape index (κ2) is 4.96. The van der Waals surface area contributed by atoms with Gasteiger partial charge in [-0.05, 0) is 30.2 Å². The Hall–Kier alpha value is -1.09. The number of hydrogen-bond donors (Lipinski definition) is 1. The van der Waals surface area contributed by atoms with Crippen LogP contribution in [0.4, 0.5) is 4.39 Å². The lowest BCUT2D eigenvalue weighted by Gasteiger charge is -2.06. The van der Waals surface area contributed by atoms with Gasteiger partial charge in [-0.25, -0.2) is 4.39 Å². The number of rotatable bonds is 3. The number of halogens is 2. The van der Waals surface area contributed by atoms with Gasteiger partial charge in [0.25, 0.3) is 0 Å². The summed E-state index contributed by atoms with van der Waals surface area (Å²) in [5, 5.41) is 2.62. The molecule has 14 heavy (non-hydrogen) atoms. The van der Waals surface area contributed by atoms with E-state index in [-0.39, 0.29) is 17.6 Å². The Labute approximate surface area is 87.1 Å². The van der Waals surface area contributed by atoms with Crippen LogP contribution >= 0.6 is 11.6 Å². The molecule has 4 heteroatoms. The average molecular weight is 216 g/mol. The van der Waals surface area contributed by atoms with Crippen molar-refractivity contribution < 1.29 is 9.18 Å². The number of benzene rings is 1. The molecule has 0 bridgehead atoms. The van der Waals surface area contributed by atoms with E-state index >= 15 is 0 Å². The maximum Gasteiger partial charge on any atom is 0.235 e. The summed E-state index contributed by atoms with van der Waals surface area (Å²) in [4.78, 5) is 10.8. The molecular formula is C10H11ClFNO. The summed E-state index contributed by atoms with van der Waals surface area (Å²) in [6.07, 6.45) is 0. The van der Waals surface area contributed by atoms with Crippen molar-refractivity contribution in [3.63, 3.8) is 0 Å². The van der Waals surface area contributed by atoms with Gasteiger partial charge in [-0.2, -0.15) is 0 Å². The summed E-state index contributed by atoms with van der Waals surface area (Å²) in [5.74, 6) is -0.550. The minimum Gasteiger partial charge on any atom is -0.351 e. The van der Waals surface area contributed by atoms with E-state index in [9.17, 15) is 9.18 Å². The first-order chi connectivity index (χ1) is 6.63. The Bertz CT molecular complexity index is 341. The second-order valence-electron chi connectivity index (χ2n) is 2.98. The van der Waals surface area contributed by atoms with Gasteiger partial charge in [-0.15, -0.1) is 11.6 Å². The van der Waals surface area contributed by atoms with Crippen LogP contribution < -0.4 is 5.32 Å². The molecule has 0 aliphatic carbocycles. The van der Waals surface area contributed by atoms with E-state index in [1.54, 1.807) is 13.0 Å². The predicted octanol–water partition coefficient (Wildman–Crippen LogP) is 1.99. The van der Waals surface area contributed by atoms with Gasteiger partial charge in [0, 0.05) is 6.54 Å². The molecule has 0 fully saturated rings. The van der Waals surface area contributed by atoms with E-state index in [0.29, 0.717) is 6.54 Å². The molecule has 1 N–H and O–H groups in total. The zero-order valence-corrected chi connectivity index (χ0v) is 8.57. The van der Waals surface area contributed by atoms with Crippen LogP contribution in [-0.2, 0) is 11.3 Å². The molecule has 0 aromatic heterocycles. The lowest BCUT2D eigenvalue weighted by molar-refractivity contribution is -0.118. The molecule has 0 saturated carbocycles. The number of aryl methyl sites for hydroxylation is 1. The van der Waals surface area contributed by atoms with Crippen molar-refractivity contribution in [2.75, 3.05) is 5.88 Å². The van der Waals surface area contributed by atoms with Crippen LogP contribution in [0.2, 0.25) is 0 Å². The third-order valence-electron chi connectivity index (χ3n) is 1.90. The van der Waals surface area contributed by atoms with Gasteiger partial charge in [0.1, 0.15) is 11.7 Å². The number of alkyl halides is 1. The smallest absolute Gasteiger partial charge is 0.235 e. The van der Waals surface area contributed by atoms with Crippen molar-refractivity contribution in [2.45, 2.75) is 13.5 Å². The van der Waals surface area contributed by atoms with Gasteiger partial charge < -0.3 is 5.32 Å². The molecule has 0 aliphatic heterocycles. The Morgan fingerprint density at radius 2 is 2.29 bits per heavy atom. The van der Waals surface area contributed by atoms with E-state index in [4.69, 9.17) is 11.6 Å². The second-order valence-corrected chi connectivity index (χ2v) is 3.25. The van der Waals surface area contributed by atoms with E-state index in [0.717, 1.165) is 11.1 Å². The van der Waals surface area contributed by atoms with Crippen molar-refractivity contribution in [1.29, 1.82) is 0 Å². The first kappa shape index (κ1) is 11.0. The molecule has 0 saturated heterocycles. The standard InChI is InChI=1S/C10H11ClFNO/c1-7-4-9(12)3-2-8(7)6-13-10(14)5-11/h2-4H,5-6H2,1H3,(H,13,14). The molecule has 2 nitrogen and oxygen atoms in total. The monoisotopic (exact) mass is 215 g/mol. The SMILES string of the molecule is Cc1cc(F)ccc1CNC(=O)CCl. The minimum absolute atomic E-state index is 0.0553. The van der Waals surface area contributed by atoms with Crippen LogP contribution in [0.25, 0.3) is 0 Å². The Morgan fingerprint density at radius 3 is 2.86 bits per heavy atom. The summed E-state index contributed by atoms with van der Waals surface area (Å²) in [7, 11) is 0. The molecule has 0 radical (unpaired) electrons. The van der Waals surface area contributed by atoms with Crippen molar-refractivity contribution >= 4 is 17.5 Å². The molecule has 0 atom stereocenters. The first-order valence-electron chi connectivity index (χ1n) is 4.21. The molecule has 0 aliphatic rings. The summed E-state index contributed by atoms with van der Waals surface area (Å²) in [5.41, 5.74) is 1.71. The van der Waals surface area contributed by atoms with Crippen LogP contribution in [0.15, 0.2) is 18.2 Å². The lowest BCUT2D eigenvalue weighted by atomic mass is 10.1. The molecule has 76 valence electrons. The maximum atomic E-state index is 12.7. The first-order valence-corrected chi connectivity index (χ1v) is 4.74. The highest BCUT2D eigenvalue weighted by Gasteiger charge is 2.02. The van der Waals surface area contributed by atoms with Gasteiger partial charge >= 0.3 is 0 Å². The van der Waals surface area contributed by atoms with Crippen LogP contribution in [0, 0.1) is 12.7 Å². The van der Waals surface area contributed by atoms with Gasteiger partial charge in [0.15, 0.2) is 0 Å². The molecule has 1 aromatic carbocycles. The van der Waals surface area contributed by atoms with Gasteiger partial charge in [-0.1, -0.05) is 6.07 Å². The zero-order valence-electron chi connectivity index (χ0n) is 7.81. The number of nitrogens with one attached hydrogen (secondary N) is 1. The van der Waals surface area contributed by atoms with Crippen molar-refractivity contribution in [3.8, 4) is 0 Å². The van der Waals surface area contributed by atoms with E-state index in [1.165, 1.54) is 12.1 Å². The molecule has 0 unspecified atom stereocenters. The van der Waals surface area contributed by atoms with Crippen LogP contribution in [0.1, 0.15) is 11.1 Å². The average Bonchev–Trinajstić information content (AvgIpc) is 2.16. The van der Waals surface area contributed by atoms with Gasteiger partial charge in [0.2, 0.25) is 5.91 Å². The summed E-state index contributed by atoms with van der Waals surface area (Å²) in [6, 6.07) is 4.45. The van der Waals surface area contributed by atoms with Gasteiger partial charge in [-0.3, -0.25) is 4.79 Å². The fraction of sp³-hybridized carbons (Fsp3) is 0.300. The molecule has 1 amide bonds. The highest BCUT2D eigenvalue weighted by Crippen LogP contribution is 2.09. The molecule has 0 spiro atoms. The predicted molar refractivity (Wildman–Crippen MR) is 53.7 cm³/mol. The number of hydrogen-bond acceptors (Lipinski definition) is 1. The van der Waals surface area contributed by atoms with E-state index in [1.807, 2.05) is 0 Å². The normalized spacial score (nSPS) is 9.93. The van der Waals surface area contributed by atoms with Crippen molar-refractivity contribution in [2.24, 2.45) is 0 Å². The third kappa shape index (κ3) is 3.00. The topological polar surface area (TPSA) is 29.1 Å². The summed E-state index contributed by atoms with van der Waals surface area (Å²) in [6.45, 7) is 2.18. The fourth-order valence-electron chi connectivity index (χ4n) is 1.10. The number of amides is 1. The van der Waals surface area contributed by atoms with Crippen LogP contribution in [0.3, 0.4) is 0 Å². The van der Waals surface area contributed by atoms with Gasteiger partial charge in [0.05, 0.1) is 0 Å². The largest absolute Gasteiger partial charge is 0.351 e. The summed E-state index contributed by atoms with van der Waals surface area (Å²) >= 11 is 5.31. The number of carbonyl (C=O) groups excluding carboxylic acids is 1. The Kier molecular flexibility index (Phi) is 3.89. The third-order valence-corrected chi connectivity index (χ3v) is 2.14. The highest BCUT2D eigenvalue weighted by molar-refractivity contribution is 6.27. The molecular weight excluding hydrogens is 205 g/mol. The van der Waals surface area contributed by atoms with E-state index < -0.39 is 0 Å². The quantitative estimate of drug-likeness (QED) is 0.768. The minimum atomic E-state index is -0.269. The lowest BCUT2D eigenvalue weighted by Crippen LogP contribution is -2.24. The van der Waals surface area contributed by atoms with Crippen LogP contribution in [0.5, 0.6) is 0 Å². The zero-order chi connectivity index (χ0) is 10.6. The maximum absolute atomic E-state index is 12.7. The number of carbonyl (C=O) groups is 1. The highest BCUT2D eigenvalue weighted by atomic mass is 35.5. The molecule has 1 aromatic rings.